The van der Waals surface area contributed by atoms with E-state index < -0.39 is 5.60 Å². The van der Waals surface area contributed by atoms with Gasteiger partial charge in [0.1, 0.15) is 17.9 Å². The molecule has 0 saturated carbocycles. The lowest BCUT2D eigenvalue weighted by molar-refractivity contribution is -0.154. The highest BCUT2D eigenvalue weighted by Crippen LogP contribution is 2.25. The van der Waals surface area contributed by atoms with Gasteiger partial charge in [-0.25, -0.2) is 0 Å². The summed E-state index contributed by atoms with van der Waals surface area (Å²) in [4.78, 5) is 13.5. The highest BCUT2D eigenvalue weighted by molar-refractivity contribution is 7.80. The van der Waals surface area contributed by atoms with Crippen LogP contribution in [0.2, 0.25) is 0 Å². The lowest BCUT2D eigenvalue weighted by atomic mass is 10.2. The number of rotatable bonds is 4. The molecule has 0 aliphatic heterocycles. The third-order valence-electron chi connectivity index (χ3n) is 2.73. The smallest absolute Gasteiger partial charge is 0.326 e. The molecule has 0 bridgehead atoms. The van der Waals surface area contributed by atoms with Crippen molar-refractivity contribution in [2.24, 2.45) is 0 Å². The predicted molar refractivity (Wildman–Crippen MR) is 92.4 cm³/mol. The van der Waals surface area contributed by atoms with Crippen LogP contribution in [0, 0.1) is 6.92 Å². The van der Waals surface area contributed by atoms with Gasteiger partial charge in [-0.05, 0) is 57.6 Å². The number of hydrogen-bond acceptors (Lipinski definition) is 4. The zero-order valence-corrected chi connectivity index (χ0v) is 14.8. The van der Waals surface area contributed by atoms with Crippen LogP contribution in [-0.2, 0) is 9.53 Å². The predicted octanol–water partition coefficient (Wildman–Crippen LogP) is 2.97. The number of aryl methyl sites for hydroxylation is 1. The summed E-state index contributed by atoms with van der Waals surface area (Å²) >= 11 is 5.32. The number of carbonyl (C=O) groups is 1. The molecule has 22 heavy (non-hydrogen) atoms. The van der Waals surface area contributed by atoms with Crippen molar-refractivity contribution in [1.82, 2.24) is 4.90 Å². The summed E-state index contributed by atoms with van der Waals surface area (Å²) in [6, 6.07) is 5.76. The molecule has 1 aromatic carbocycles. The minimum absolute atomic E-state index is 0.0806. The molecule has 0 aromatic heterocycles. The number of carbonyl (C=O) groups excluding carboxylic acids is 1. The number of nitrogens with zero attached hydrogens (tertiary/aromatic N) is 1. The third-order valence-corrected chi connectivity index (χ3v) is 3.14. The fourth-order valence-electron chi connectivity index (χ4n) is 1.77. The van der Waals surface area contributed by atoms with Crippen LogP contribution in [0.25, 0.3) is 0 Å². The number of hydrogen-bond donors (Lipinski definition) is 1. The summed E-state index contributed by atoms with van der Waals surface area (Å²) < 4.78 is 10.6. The lowest BCUT2D eigenvalue weighted by Crippen LogP contribution is -2.38. The molecule has 0 saturated heterocycles. The minimum Gasteiger partial charge on any atom is -0.495 e. The molecule has 0 fully saturated rings. The van der Waals surface area contributed by atoms with E-state index in [-0.39, 0.29) is 12.5 Å². The van der Waals surface area contributed by atoms with Gasteiger partial charge >= 0.3 is 5.97 Å². The Hall–Kier alpha value is -1.82. The topological polar surface area (TPSA) is 50.8 Å². The number of benzene rings is 1. The Balaban J connectivity index is 2.69. The van der Waals surface area contributed by atoms with E-state index in [1.165, 1.54) is 0 Å². The molecule has 0 amide bonds. The van der Waals surface area contributed by atoms with Gasteiger partial charge < -0.3 is 19.7 Å². The molecular weight excluding hydrogens is 300 g/mol. The van der Waals surface area contributed by atoms with Gasteiger partial charge in [-0.1, -0.05) is 6.07 Å². The van der Waals surface area contributed by atoms with Crippen molar-refractivity contribution < 1.29 is 14.3 Å². The Morgan fingerprint density at radius 3 is 2.55 bits per heavy atom. The highest BCUT2D eigenvalue weighted by Gasteiger charge is 2.19. The fraction of sp³-hybridized carbons (Fsp3) is 0.500. The molecule has 1 aromatic rings. The zero-order valence-electron chi connectivity index (χ0n) is 14.0. The maximum atomic E-state index is 11.8. The van der Waals surface area contributed by atoms with Gasteiger partial charge in [-0.15, -0.1) is 0 Å². The average Bonchev–Trinajstić information content (AvgIpc) is 2.36. The Morgan fingerprint density at radius 1 is 1.36 bits per heavy atom. The quantitative estimate of drug-likeness (QED) is 0.679. The van der Waals surface area contributed by atoms with E-state index in [9.17, 15) is 4.79 Å². The van der Waals surface area contributed by atoms with Gasteiger partial charge in [-0.2, -0.15) is 0 Å². The van der Waals surface area contributed by atoms with E-state index in [0.717, 1.165) is 11.3 Å². The number of methoxy groups -OCH3 is 1. The summed E-state index contributed by atoms with van der Waals surface area (Å²) in [5, 5.41) is 3.52. The van der Waals surface area contributed by atoms with E-state index in [1.807, 2.05) is 45.9 Å². The molecule has 0 unspecified atom stereocenters. The van der Waals surface area contributed by atoms with Gasteiger partial charge in [0.05, 0.1) is 12.8 Å². The number of esters is 1. The highest BCUT2D eigenvalue weighted by atomic mass is 32.1. The van der Waals surface area contributed by atoms with Crippen molar-refractivity contribution in [3.63, 3.8) is 0 Å². The van der Waals surface area contributed by atoms with Gasteiger partial charge in [0.25, 0.3) is 0 Å². The summed E-state index contributed by atoms with van der Waals surface area (Å²) in [6.07, 6.45) is 0. The Bertz CT molecular complexity index is 553. The average molecular weight is 324 g/mol. The Kier molecular flexibility index (Phi) is 6.17. The largest absolute Gasteiger partial charge is 0.495 e. The van der Waals surface area contributed by atoms with Crippen LogP contribution in [0.5, 0.6) is 5.75 Å². The maximum absolute atomic E-state index is 11.8. The van der Waals surface area contributed by atoms with Gasteiger partial charge in [0.2, 0.25) is 0 Å². The van der Waals surface area contributed by atoms with Gasteiger partial charge in [-0.3, -0.25) is 4.79 Å². The van der Waals surface area contributed by atoms with Crippen molar-refractivity contribution in [2.45, 2.75) is 33.3 Å². The summed E-state index contributed by atoms with van der Waals surface area (Å²) in [6.45, 7) is 7.56. The van der Waals surface area contributed by atoms with E-state index in [4.69, 9.17) is 21.7 Å². The summed E-state index contributed by atoms with van der Waals surface area (Å²) in [5.41, 5.74) is 1.34. The van der Waals surface area contributed by atoms with E-state index >= 15 is 0 Å². The van der Waals surface area contributed by atoms with Crippen LogP contribution >= 0.6 is 12.2 Å². The fourth-order valence-corrected chi connectivity index (χ4v) is 1.94. The molecule has 1 rings (SSSR count). The molecule has 0 heterocycles. The van der Waals surface area contributed by atoms with Gasteiger partial charge in [0, 0.05) is 7.05 Å². The van der Waals surface area contributed by atoms with E-state index in [1.54, 1.807) is 19.1 Å². The molecule has 122 valence electrons. The van der Waals surface area contributed by atoms with Crippen molar-refractivity contribution >= 4 is 29.0 Å². The summed E-state index contributed by atoms with van der Waals surface area (Å²) in [7, 11) is 3.34. The van der Waals surface area contributed by atoms with Crippen molar-refractivity contribution in [3.8, 4) is 5.75 Å². The maximum Gasteiger partial charge on any atom is 0.326 e. The third kappa shape index (κ3) is 5.89. The molecule has 0 spiro atoms. The first-order valence-electron chi connectivity index (χ1n) is 7.01. The molecule has 0 aliphatic rings. The van der Waals surface area contributed by atoms with Crippen LogP contribution in [0.3, 0.4) is 0 Å². The van der Waals surface area contributed by atoms with Crippen LogP contribution in [0.1, 0.15) is 26.3 Å². The SMILES string of the molecule is COc1ccc(C)cc1NC(=S)N(C)CC(=O)OC(C)(C)C. The Labute approximate surface area is 137 Å². The molecule has 0 atom stereocenters. The van der Waals surface area contributed by atoms with Crippen LogP contribution in [-0.4, -0.2) is 42.3 Å². The number of anilines is 1. The van der Waals surface area contributed by atoms with Crippen LogP contribution in [0.15, 0.2) is 18.2 Å². The normalized spacial score (nSPS) is 10.8. The first-order valence-corrected chi connectivity index (χ1v) is 7.42. The summed E-state index contributed by atoms with van der Waals surface area (Å²) in [5.74, 6) is 0.369. The Morgan fingerprint density at radius 2 is 2.00 bits per heavy atom. The van der Waals surface area contributed by atoms with Crippen molar-refractivity contribution in [1.29, 1.82) is 0 Å². The molecule has 6 heteroatoms. The number of thiocarbonyl (C=S) groups is 1. The number of ether oxygens (including phenoxy) is 2. The standard InChI is InChI=1S/C16H24N2O3S/c1-11-7-8-13(20-6)12(9-11)17-15(22)18(5)10-14(19)21-16(2,3)4/h7-9H,10H2,1-6H3,(H,17,22). The number of nitrogens with one attached hydrogen (secondary N) is 1. The van der Waals surface area contributed by atoms with E-state index in [0.29, 0.717) is 10.9 Å². The number of likely N-dealkylation sites (N-methyl/N-ethyl adjacent to an activating group) is 1. The second kappa shape index (κ2) is 7.45. The first-order chi connectivity index (χ1) is 10.1. The molecule has 0 aliphatic carbocycles. The second-order valence-corrected chi connectivity index (χ2v) is 6.46. The minimum atomic E-state index is -0.507. The van der Waals surface area contributed by atoms with Gasteiger partial charge in [0.15, 0.2) is 5.11 Å². The van der Waals surface area contributed by atoms with Crippen molar-refractivity contribution in [3.05, 3.63) is 23.8 Å². The first kappa shape index (κ1) is 18.2. The molecule has 1 N–H and O–H groups in total. The second-order valence-electron chi connectivity index (χ2n) is 6.08. The molecular formula is C16H24N2O3S. The van der Waals surface area contributed by atoms with Crippen molar-refractivity contribution in [2.75, 3.05) is 26.0 Å². The molecule has 0 radical (unpaired) electrons. The van der Waals surface area contributed by atoms with Crippen LogP contribution in [0.4, 0.5) is 5.69 Å². The van der Waals surface area contributed by atoms with Crippen LogP contribution < -0.4 is 10.1 Å². The molecule has 5 nitrogen and oxygen atoms in total. The zero-order chi connectivity index (χ0) is 16.9. The lowest BCUT2D eigenvalue weighted by Gasteiger charge is -2.24. The monoisotopic (exact) mass is 324 g/mol. The van der Waals surface area contributed by atoms with E-state index in [2.05, 4.69) is 5.32 Å².